The third-order valence-corrected chi connectivity index (χ3v) is 3.18. The minimum absolute atomic E-state index is 0.00388. The molecule has 0 bridgehead atoms. The van der Waals surface area contributed by atoms with E-state index in [1.54, 1.807) is 4.68 Å². The molecule has 0 spiro atoms. The van der Waals surface area contributed by atoms with Crippen LogP contribution < -0.4 is 0 Å². The van der Waals surface area contributed by atoms with E-state index in [2.05, 4.69) is 22.1 Å². The van der Waals surface area contributed by atoms with Crippen LogP contribution in [-0.2, 0) is 4.74 Å². The molecule has 0 radical (unpaired) electrons. The van der Waals surface area contributed by atoms with Crippen LogP contribution in [0.3, 0.4) is 0 Å². The molecule has 2 heterocycles. The van der Waals surface area contributed by atoms with Gasteiger partial charge in [-0.1, -0.05) is 5.21 Å². The Kier molecular flexibility index (Phi) is 3.93. The summed E-state index contributed by atoms with van der Waals surface area (Å²) in [5, 5.41) is 16.2. The van der Waals surface area contributed by atoms with Gasteiger partial charge < -0.3 is 9.84 Å². The first-order valence-electron chi connectivity index (χ1n) is 6.08. The van der Waals surface area contributed by atoms with Crippen molar-refractivity contribution in [1.29, 1.82) is 0 Å². The molecule has 1 unspecified atom stereocenters. The second-order valence-corrected chi connectivity index (χ2v) is 4.51. The van der Waals surface area contributed by atoms with Gasteiger partial charge in [0.1, 0.15) is 0 Å². The SMILES string of the molecule is CCOCC(C)N1CC(n2cc(C(=O)O)nn2)C1. The molecule has 1 aromatic heterocycles. The van der Waals surface area contributed by atoms with E-state index in [4.69, 9.17) is 9.84 Å². The predicted octanol–water partition coefficient (Wildman–Crippen LogP) is 0.258. The van der Waals surface area contributed by atoms with Crippen LogP contribution in [-0.4, -0.2) is 63.3 Å². The largest absolute Gasteiger partial charge is 0.476 e. The summed E-state index contributed by atoms with van der Waals surface area (Å²) in [5.74, 6) is -1.04. The van der Waals surface area contributed by atoms with E-state index in [9.17, 15) is 4.79 Å². The highest BCUT2D eigenvalue weighted by molar-refractivity contribution is 5.84. The Morgan fingerprint density at radius 1 is 1.67 bits per heavy atom. The minimum Gasteiger partial charge on any atom is -0.476 e. The quantitative estimate of drug-likeness (QED) is 0.784. The van der Waals surface area contributed by atoms with Crippen LogP contribution in [0.5, 0.6) is 0 Å². The van der Waals surface area contributed by atoms with Crippen LogP contribution in [0.4, 0.5) is 0 Å². The lowest BCUT2D eigenvalue weighted by molar-refractivity contribution is 0.0101. The fraction of sp³-hybridized carbons (Fsp3) is 0.727. The Balaban J connectivity index is 1.82. The van der Waals surface area contributed by atoms with Crippen molar-refractivity contribution in [2.75, 3.05) is 26.3 Å². The van der Waals surface area contributed by atoms with E-state index in [1.807, 2.05) is 6.92 Å². The van der Waals surface area contributed by atoms with Gasteiger partial charge in [-0.3, -0.25) is 4.90 Å². The number of rotatable bonds is 6. The Hall–Kier alpha value is -1.47. The lowest BCUT2D eigenvalue weighted by atomic mass is 10.1. The van der Waals surface area contributed by atoms with Crippen molar-refractivity contribution in [2.24, 2.45) is 0 Å². The minimum atomic E-state index is -1.04. The standard InChI is InChI=1S/C11H18N4O3/c1-3-18-7-8(2)14-4-9(5-14)15-6-10(11(16)17)12-13-15/h6,8-9H,3-5,7H2,1-2H3,(H,16,17). The van der Waals surface area contributed by atoms with E-state index < -0.39 is 5.97 Å². The number of hydrogen-bond donors (Lipinski definition) is 1. The molecule has 18 heavy (non-hydrogen) atoms. The summed E-state index contributed by atoms with van der Waals surface area (Å²) in [4.78, 5) is 13.0. The van der Waals surface area contributed by atoms with E-state index in [1.165, 1.54) is 6.20 Å². The molecule has 1 aliphatic heterocycles. The van der Waals surface area contributed by atoms with Gasteiger partial charge in [0.2, 0.25) is 0 Å². The number of aromatic carboxylic acids is 1. The topological polar surface area (TPSA) is 80.5 Å². The number of ether oxygens (including phenoxy) is 1. The number of hydrogen-bond acceptors (Lipinski definition) is 5. The molecule has 1 fully saturated rings. The van der Waals surface area contributed by atoms with E-state index in [0.717, 1.165) is 26.3 Å². The first-order valence-corrected chi connectivity index (χ1v) is 6.08. The average molecular weight is 254 g/mol. The van der Waals surface area contributed by atoms with Crippen molar-refractivity contribution in [3.63, 3.8) is 0 Å². The van der Waals surface area contributed by atoms with Crippen molar-refractivity contribution in [2.45, 2.75) is 25.9 Å². The maximum Gasteiger partial charge on any atom is 0.358 e. The zero-order chi connectivity index (χ0) is 13.1. The van der Waals surface area contributed by atoms with Crippen LogP contribution in [0.15, 0.2) is 6.20 Å². The lowest BCUT2D eigenvalue weighted by Crippen LogP contribution is -2.53. The molecular formula is C11H18N4O3. The molecule has 1 atom stereocenters. The summed E-state index contributed by atoms with van der Waals surface area (Å²) < 4.78 is 7.01. The zero-order valence-electron chi connectivity index (χ0n) is 10.6. The second-order valence-electron chi connectivity index (χ2n) is 4.51. The van der Waals surface area contributed by atoms with Crippen LogP contribution in [0.1, 0.15) is 30.4 Å². The molecule has 0 aromatic carbocycles. The first kappa shape index (κ1) is 13.0. The fourth-order valence-electron chi connectivity index (χ4n) is 1.96. The summed E-state index contributed by atoms with van der Waals surface area (Å²) in [6.45, 7) is 7.27. The van der Waals surface area contributed by atoms with Gasteiger partial charge in [-0.25, -0.2) is 9.48 Å². The van der Waals surface area contributed by atoms with Gasteiger partial charge in [0.25, 0.3) is 0 Å². The van der Waals surface area contributed by atoms with Crippen molar-refractivity contribution in [3.05, 3.63) is 11.9 Å². The number of aromatic nitrogens is 3. The van der Waals surface area contributed by atoms with Crippen LogP contribution >= 0.6 is 0 Å². The zero-order valence-corrected chi connectivity index (χ0v) is 10.6. The summed E-state index contributed by atoms with van der Waals surface area (Å²) >= 11 is 0. The highest BCUT2D eigenvalue weighted by Crippen LogP contribution is 2.22. The number of likely N-dealkylation sites (tertiary alicyclic amines) is 1. The summed E-state index contributed by atoms with van der Waals surface area (Å²) in [6, 6.07) is 0.596. The Bertz CT molecular complexity index is 414. The molecule has 1 saturated heterocycles. The molecule has 2 rings (SSSR count). The molecule has 0 amide bonds. The first-order chi connectivity index (χ1) is 8.61. The molecule has 100 valence electrons. The second kappa shape index (κ2) is 5.45. The van der Waals surface area contributed by atoms with Crippen LogP contribution in [0.25, 0.3) is 0 Å². The van der Waals surface area contributed by atoms with E-state index in [0.29, 0.717) is 6.04 Å². The van der Waals surface area contributed by atoms with Gasteiger partial charge in [0.05, 0.1) is 18.8 Å². The summed E-state index contributed by atoms with van der Waals surface area (Å²) in [6.07, 6.45) is 1.48. The average Bonchev–Trinajstić information content (AvgIpc) is 2.73. The number of carboxylic acid groups (broad SMARTS) is 1. The van der Waals surface area contributed by atoms with Gasteiger partial charge in [0.15, 0.2) is 5.69 Å². The third kappa shape index (κ3) is 2.68. The normalized spacial score (nSPS) is 18.6. The fourth-order valence-corrected chi connectivity index (χ4v) is 1.96. The lowest BCUT2D eigenvalue weighted by Gasteiger charge is -2.42. The van der Waals surface area contributed by atoms with Crippen LogP contribution in [0.2, 0.25) is 0 Å². The number of nitrogens with zero attached hydrogens (tertiary/aromatic N) is 4. The van der Waals surface area contributed by atoms with Crippen molar-refractivity contribution >= 4 is 5.97 Å². The maximum atomic E-state index is 10.7. The summed E-state index contributed by atoms with van der Waals surface area (Å²) in [7, 11) is 0. The van der Waals surface area contributed by atoms with Gasteiger partial charge >= 0.3 is 5.97 Å². The van der Waals surface area contributed by atoms with Crippen molar-refractivity contribution in [1.82, 2.24) is 19.9 Å². The molecule has 7 heteroatoms. The van der Waals surface area contributed by atoms with E-state index in [-0.39, 0.29) is 11.7 Å². The van der Waals surface area contributed by atoms with Crippen molar-refractivity contribution in [3.8, 4) is 0 Å². The van der Waals surface area contributed by atoms with Crippen LogP contribution in [0, 0.1) is 0 Å². The molecule has 1 aliphatic rings. The third-order valence-electron chi connectivity index (χ3n) is 3.18. The van der Waals surface area contributed by atoms with Crippen molar-refractivity contribution < 1.29 is 14.6 Å². The maximum absolute atomic E-state index is 10.7. The van der Waals surface area contributed by atoms with E-state index >= 15 is 0 Å². The van der Waals surface area contributed by atoms with Gasteiger partial charge in [-0.2, -0.15) is 0 Å². The monoisotopic (exact) mass is 254 g/mol. The smallest absolute Gasteiger partial charge is 0.358 e. The molecule has 1 aromatic rings. The number of carbonyl (C=O) groups is 1. The van der Waals surface area contributed by atoms with Gasteiger partial charge in [-0.05, 0) is 13.8 Å². The highest BCUT2D eigenvalue weighted by atomic mass is 16.5. The van der Waals surface area contributed by atoms with Gasteiger partial charge in [-0.15, -0.1) is 5.10 Å². The molecular weight excluding hydrogens is 236 g/mol. The Labute approximate surface area is 105 Å². The Morgan fingerprint density at radius 3 is 2.94 bits per heavy atom. The Morgan fingerprint density at radius 2 is 2.39 bits per heavy atom. The molecule has 1 N–H and O–H groups in total. The predicted molar refractivity (Wildman–Crippen MR) is 63.5 cm³/mol. The summed E-state index contributed by atoms with van der Waals surface area (Å²) in [5.41, 5.74) is -0.00388. The molecule has 0 aliphatic carbocycles. The molecule has 7 nitrogen and oxygen atoms in total. The van der Waals surface area contributed by atoms with Gasteiger partial charge in [0, 0.05) is 25.7 Å². The molecule has 0 saturated carbocycles. The highest BCUT2D eigenvalue weighted by Gasteiger charge is 2.32. The number of carboxylic acids is 1.